The van der Waals surface area contributed by atoms with Crippen molar-refractivity contribution in [1.82, 2.24) is 9.97 Å². The molecule has 1 N–H and O–H groups in total. The van der Waals surface area contributed by atoms with Gasteiger partial charge in [0.2, 0.25) is 0 Å². The minimum Gasteiger partial charge on any atom is -0.495 e. The lowest BCUT2D eigenvalue weighted by Crippen LogP contribution is -2.50. The number of carbonyl (C=O) groups excluding carboxylic acids is 3. The normalized spacial score (nSPS) is 13.2. The van der Waals surface area contributed by atoms with Gasteiger partial charge in [-0.15, -0.1) is 0 Å². The molecule has 4 amide bonds. The molecule has 0 unspecified atom stereocenters. The zero-order chi connectivity index (χ0) is 30.0. The Kier molecular flexibility index (Phi) is 9.25. The molecule has 14 heteroatoms. The van der Waals surface area contributed by atoms with Crippen molar-refractivity contribution < 1.29 is 33.3 Å². The first-order valence-corrected chi connectivity index (χ1v) is 13.1. The maximum atomic E-state index is 14.3. The van der Waals surface area contributed by atoms with Crippen molar-refractivity contribution in [2.45, 2.75) is 71.6 Å². The third kappa shape index (κ3) is 7.57. The van der Waals surface area contributed by atoms with E-state index in [1.165, 1.54) is 37.6 Å². The Bertz CT molecular complexity index is 1260. The van der Waals surface area contributed by atoms with Crippen molar-refractivity contribution in [2.24, 2.45) is 0 Å². The molecule has 0 bridgehead atoms. The smallest absolute Gasteiger partial charge is 0.423 e. The second-order valence-electron chi connectivity index (χ2n) is 10.8. The summed E-state index contributed by atoms with van der Waals surface area (Å²) >= 11 is 13.2. The van der Waals surface area contributed by atoms with Gasteiger partial charge in [-0.25, -0.2) is 24.4 Å². The molecule has 218 valence electrons. The predicted molar refractivity (Wildman–Crippen MR) is 151 cm³/mol. The van der Waals surface area contributed by atoms with E-state index in [1.807, 2.05) is 0 Å². The molecule has 40 heavy (non-hydrogen) atoms. The lowest BCUT2D eigenvalue weighted by atomic mass is 10.2. The maximum absolute atomic E-state index is 14.3. The highest BCUT2D eigenvalue weighted by atomic mass is 35.5. The Labute approximate surface area is 242 Å². The summed E-state index contributed by atoms with van der Waals surface area (Å²) in [4.78, 5) is 50.4. The molecule has 0 radical (unpaired) electrons. The second-order valence-corrected chi connectivity index (χ2v) is 11.6. The molecule has 1 aromatic carbocycles. The van der Waals surface area contributed by atoms with Gasteiger partial charge in [-0.2, -0.15) is 4.90 Å². The van der Waals surface area contributed by atoms with Crippen molar-refractivity contribution in [3.63, 3.8) is 0 Å². The summed E-state index contributed by atoms with van der Waals surface area (Å²) in [7, 11) is 2.74. The summed E-state index contributed by atoms with van der Waals surface area (Å²) in [6, 6.07) is 1.66. The van der Waals surface area contributed by atoms with E-state index in [2.05, 4.69) is 15.3 Å². The number of benzene rings is 1. The summed E-state index contributed by atoms with van der Waals surface area (Å²) in [6.07, 6.45) is 0.671. The van der Waals surface area contributed by atoms with Crippen LogP contribution in [0.4, 0.5) is 31.7 Å². The first-order chi connectivity index (χ1) is 18.6. The molecular weight excluding hydrogens is 565 g/mol. The van der Waals surface area contributed by atoms with Crippen molar-refractivity contribution in [2.75, 3.05) is 29.3 Å². The Morgan fingerprint density at radius 3 is 1.93 bits per heavy atom. The summed E-state index contributed by atoms with van der Waals surface area (Å²) < 4.78 is 21.5. The van der Waals surface area contributed by atoms with E-state index in [1.54, 1.807) is 41.5 Å². The van der Waals surface area contributed by atoms with Crippen LogP contribution < -0.4 is 24.6 Å². The number of halogens is 2. The number of imide groups is 1. The predicted octanol–water partition coefficient (Wildman–Crippen LogP) is 6.68. The van der Waals surface area contributed by atoms with E-state index in [9.17, 15) is 14.4 Å². The number of methoxy groups -OCH3 is 2. The van der Waals surface area contributed by atoms with E-state index in [0.717, 1.165) is 4.90 Å². The average Bonchev–Trinajstić information content (AvgIpc) is 3.65. The second kappa shape index (κ2) is 11.9. The van der Waals surface area contributed by atoms with E-state index < -0.39 is 29.4 Å². The van der Waals surface area contributed by atoms with Gasteiger partial charge < -0.3 is 18.9 Å². The molecule has 0 aliphatic heterocycles. The number of amides is 4. The summed E-state index contributed by atoms with van der Waals surface area (Å²) in [5, 5.41) is 2.30. The number of carbonyl (C=O) groups is 3. The van der Waals surface area contributed by atoms with Crippen LogP contribution in [0.5, 0.6) is 11.5 Å². The molecule has 1 aliphatic carbocycles. The number of anilines is 3. The Morgan fingerprint density at radius 1 is 0.900 bits per heavy atom. The van der Waals surface area contributed by atoms with Crippen molar-refractivity contribution in [3.05, 3.63) is 28.5 Å². The molecule has 2 aromatic rings. The quantitative estimate of drug-likeness (QED) is 0.387. The highest BCUT2D eigenvalue weighted by Crippen LogP contribution is 2.47. The van der Waals surface area contributed by atoms with Crippen molar-refractivity contribution >= 4 is 58.7 Å². The van der Waals surface area contributed by atoms with Crippen LogP contribution in [-0.4, -0.2) is 59.6 Å². The maximum Gasteiger partial charge on any atom is 0.423 e. The van der Waals surface area contributed by atoms with Crippen LogP contribution in [0.25, 0.3) is 0 Å². The SMILES string of the molecule is COc1cc(OC)c(Cl)c(N(C(=O)OC(C)(C)C)C(=O)N(c2cc(NC(=O)OC(C)(C)C)ncn2)C2CC2)c1Cl. The van der Waals surface area contributed by atoms with Crippen molar-refractivity contribution in [1.29, 1.82) is 0 Å². The molecule has 1 fully saturated rings. The van der Waals surface area contributed by atoms with E-state index in [4.69, 9.17) is 42.1 Å². The molecule has 0 spiro atoms. The summed E-state index contributed by atoms with van der Waals surface area (Å²) in [6.45, 7) is 10.1. The Morgan fingerprint density at radius 2 is 1.45 bits per heavy atom. The third-order valence-corrected chi connectivity index (χ3v) is 5.92. The molecule has 1 heterocycles. The highest BCUT2D eigenvalue weighted by molar-refractivity contribution is 6.43. The van der Waals surface area contributed by atoms with E-state index >= 15 is 0 Å². The van der Waals surface area contributed by atoms with Crippen LogP contribution in [0.15, 0.2) is 18.5 Å². The fourth-order valence-corrected chi connectivity index (χ4v) is 4.15. The number of nitrogens with one attached hydrogen (secondary N) is 1. The molecule has 0 atom stereocenters. The number of hydrogen-bond acceptors (Lipinski definition) is 9. The van der Waals surface area contributed by atoms with Crippen molar-refractivity contribution in [3.8, 4) is 11.5 Å². The van der Waals surface area contributed by atoms with Crippen LogP contribution in [0.1, 0.15) is 54.4 Å². The lowest BCUT2D eigenvalue weighted by Gasteiger charge is -2.32. The monoisotopic (exact) mass is 597 g/mol. The van der Waals surface area contributed by atoms with Gasteiger partial charge in [0.1, 0.15) is 56.4 Å². The van der Waals surface area contributed by atoms with Crippen LogP contribution in [0, 0.1) is 0 Å². The van der Waals surface area contributed by atoms with Crippen LogP contribution in [0.2, 0.25) is 10.0 Å². The number of urea groups is 1. The Hall–Kier alpha value is -3.51. The fourth-order valence-electron chi connectivity index (χ4n) is 3.48. The largest absolute Gasteiger partial charge is 0.495 e. The summed E-state index contributed by atoms with van der Waals surface area (Å²) in [5.41, 5.74) is -1.90. The van der Waals surface area contributed by atoms with Gasteiger partial charge >= 0.3 is 18.2 Å². The van der Waals surface area contributed by atoms with Crippen LogP contribution >= 0.6 is 23.2 Å². The minimum atomic E-state index is -1.04. The van der Waals surface area contributed by atoms with Gasteiger partial charge in [-0.3, -0.25) is 10.2 Å². The number of nitrogens with zero attached hydrogens (tertiary/aromatic N) is 4. The van der Waals surface area contributed by atoms with Crippen LogP contribution in [-0.2, 0) is 9.47 Å². The summed E-state index contributed by atoms with van der Waals surface area (Å²) in [5.74, 6) is 0.427. The third-order valence-electron chi connectivity index (χ3n) is 5.19. The molecule has 12 nitrogen and oxygen atoms in total. The van der Waals surface area contributed by atoms with Gasteiger partial charge in [0, 0.05) is 18.2 Å². The number of rotatable bonds is 6. The molecular formula is C26H33Cl2N5O7. The number of aromatic nitrogens is 2. The highest BCUT2D eigenvalue weighted by Gasteiger charge is 2.43. The molecule has 1 aliphatic rings. The molecule has 1 aromatic heterocycles. The fraction of sp³-hybridized carbons (Fsp3) is 0.500. The lowest BCUT2D eigenvalue weighted by molar-refractivity contribution is 0.0591. The molecule has 0 saturated heterocycles. The Balaban J connectivity index is 2.11. The zero-order valence-corrected chi connectivity index (χ0v) is 25.1. The van der Waals surface area contributed by atoms with Gasteiger partial charge in [-0.1, -0.05) is 23.2 Å². The van der Waals surface area contributed by atoms with Gasteiger partial charge in [0.05, 0.1) is 14.2 Å². The minimum absolute atomic E-state index is 0.0839. The standard InChI is InChI=1S/C26H33Cl2N5O7/c1-25(2,3)39-22(34)31-17-12-18(30-13-29-17)32(14-9-10-14)23(35)33(24(36)40-26(4,5)6)21-19(27)15(37-7)11-16(38-8)20(21)28/h11-14H,9-10H2,1-8H3,(H,29,30,31,34). The molecule has 1 saturated carbocycles. The first kappa shape index (κ1) is 31.0. The molecule has 3 rings (SSSR count). The van der Waals surface area contributed by atoms with Gasteiger partial charge in [-0.05, 0) is 54.4 Å². The van der Waals surface area contributed by atoms with E-state index in [0.29, 0.717) is 12.8 Å². The zero-order valence-electron chi connectivity index (χ0n) is 23.6. The van der Waals surface area contributed by atoms with E-state index in [-0.39, 0.29) is 44.9 Å². The first-order valence-electron chi connectivity index (χ1n) is 12.3. The average molecular weight is 598 g/mol. The van der Waals surface area contributed by atoms with Crippen LogP contribution in [0.3, 0.4) is 0 Å². The number of hydrogen-bond donors (Lipinski definition) is 1. The van der Waals surface area contributed by atoms with Gasteiger partial charge in [0.15, 0.2) is 0 Å². The number of ether oxygens (including phenoxy) is 4. The van der Waals surface area contributed by atoms with Gasteiger partial charge in [0.25, 0.3) is 0 Å². The topological polar surface area (TPSA) is 132 Å².